The summed E-state index contributed by atoms with van der Waals surface area (Å²) in [6, 6.07) is 12.3. The van der Waals surface area contributed by atoms with Crippen molar-refractivity contribution in [3.63, 3.8) is 0 Å². The molecule has 3 aromatic carbocycles. The molecule has 0 spiro atoms. The van der Waals surface area contributed by atoms with Gasteiger partial charge in [0, 0.05) is 17.5 Å². The van der Waals surface area contributed by atoms with Crippen LogP contribution in [-0.2, 0) is 0 Å². The van der Waals surface area contributed by atoms with Crippen LogP contribution in [0.25, 0.3) is 6.08 Å². The molecule has 0 fully saturated rings. The SMILES string of the molecule is COc1ccc(C2=NN(C(=O)c3cccc(F)c3)C(c3cc(OC)c(OC)c(OC)c3)C2)c2c1C=CC(C)(C)O2. The zero-order valence-corrected chi connectivity index (χ0v) is 23.3. The summed E-state index contributed by atoms with van der Waals surface area (Å²) in [6.07, 6.45) is 4.30. The van der Waals surface area contributed by atoms with Crippen molar-refractivity contribution in [1.82, 2.24) is 5.01 Å². The van der Waals surface area contributed by atoms with Crippen LogP contribution in [0.3, 0.4) is 0 Å². The highest BCUT2D eigenvalue weighted by molar-refractivity contribution is 6.07. The van der Waals surface area contributed by atoms with Crippen molar-refractivity contribution in [2.45, 2.75) is 31.9 Å². The van der Waals surface area contributed by atoms with Crippen molar-refractivity contribution in [3.05, 3.63) is 82.7 Å². The predicted molar refractivity (Wildman–Crippen MR) is 149 cm³/mol. The summed E-state index contributed by atoms with van der Waals surface area (Å²) in [5, 5.41) is 6.19. The van der Waals surface area contributed by atoms with E-state index in [1.807, 2.05) is 38.1 Å². The number of hydrogen-bond acceptors (Lipinski definition) is 7. The topological polar surface area (TPSA) is 78.8 Å². The van der Waals surface area contributed by atoms with E-state index in [-0.39, 0.29) is 5.56 Å². The Morgan fingerprint density at radius 1 is 0.975 bits per heavy atom. The second kappa shape index (κ2) is 10.6. The maximum absolute atomic E-state index is 14.1. The van der Waals surface area contributed by atoms with Crippen LogP contribution in [0.5, 0.6) is 28.7 Å². The van der Waals surface area contributed by atoms with Crippen molar-refractivity contribution < 1.29 is 32.9 Å². The maximum Gasteiger partial charge on any atom is 0.274 e. The molecular weight excluding hydrogens is 515 g/mol. The molecule has 0 bridgehead atoms. The Labute approximate surface area is 232 Å². The van der Waals surface area contributed by atoms with Gasteiger partial charge in [0.15, 0.2) is 11.5 Å². The molecule has 0 saturated heterocycles. The third-order valence-electron chi connectivity index (χ3n) is 6.97. The number of carbonyl (C=O) groups excluding carboxylic acids is 1. The molecule has 3 aromatic rings. The van der Waals surface area contributed by atoms with E-state index >= 15 is 0 Å². The Morgan fingerprint density at radius 2 is 1.68 bits per heavy atom. The molecule has 2 aliphatic rings. The van der Waals surface area contributed by atoms with Crippen LogP contribution in [0.2, 0.25) is 0 Å². The molecule has 0 aromatic heterocycles. The zero-order valence-electron chi connectivity index (χ0n) is 23.3. The Morgan fingerprint density at radius 3 is 2.30 bits per heavy atom. The van der Waals surface area contributed by atoms with Crippen LogP contribution in [0.15, 0.2) is 59.7 Å². The number of fused-ring (bicyclic) bond motifs is 1. The van der Waals surface area contributed by atoms with Crippen LogP contribution in [-0.4, -0.2) is 50.7 Å². The Kier molecular flexibility index (Phi) is 7.14. The van der Waals surface area contributed by atoms with Gasteiger partial charge in [-0.25, -0.2) is 9.40 Å². The third-order valence-corrected chi connectivity index (χ3v) is 6.97. The van der Waals surface area contributed by atoms with E-state index in [4.69, 9.17) is 28.8 Å². The summed E-state index contributed by atoms with van der Waals surface area (Å²) < 4.78 is 42.7. The van der Waals surface area contributed by atoms with Gasteiger partial charge < -0.3 is 23.7 Å². The first-order chi connectivity index (χ1) is 19.2. The van der Waals surface area contributed by atoms with E-state index in [0.29, 0.717) is 46.4 Å². The number of halogens is 1. The van der Waals surface area contributed by atoms with E-state index in [1.54, 1.807) is 25.3 Å². The Bertz CT molecular complexity index is 1510. The van der Waals surface area contributed by atoms with Crippen molar-refractivity contribution in [2.75, 3.05) is 28.4 Å². The highest BCUT2D eigenvalue weighted by atomic mass is 19.1. The summed E-state index contributed by atoms with van der Waals surface area (Å²) in [4.78, 5) is 13.8. The molecule has 9 heteroatoms. The van der Waals surface area contributed by atoms with Crippen molar-refractivity contribution in [1.29, 1.82) is 0 Å². The van der Waals surface area contributed by atoms with E-state index in [9.17, 15) is 9.18 Å². The van der Waals surface area contributed by atoms with Crippen LogP contribution in [0, 0.1) is 5.82 Å². The largest absolute Gasteiger partial charge is 0.496 e. The number of hydrazone groups is 1. The molecule has 0 aliphatic carbocycles. The number of hydrogen-bond donors (Lipinski definition) is 0. The van der Waals surface area contributed by atoms with Crippen LogP contribution < -0.4 is 23.7 Å². The first kappa shape index (κ1) is 27.1. The third kappa shape index (κ3) is 4.83. The van der Waals surface area contributed by atoms with Crippen molar-refractivity contribution >= 4 is 17.7 Å². The van der Waals surface area contributed by atoms with Crippen LogP contribution in [0.1, 0.15) is 53.4 Å². The second-order valence-electron chi connectivity index (χ2n) is 9.98. The molecule has 0 radical (unpaired) electrons. The van der Waals surface area contributed by atoms with Gasteiger partial charge in [0.1, 0.15) is 22.9 Å². The minimum absolute atomic E-state index is 0.180. The lowest BCUT2D eigenvalue weighted by molar-refractivity contribution is 0.0710. The van der Waals surface area contributed by atoms with Gasteiger partial charge in [0.25, 0.3) is 5.91 Å². The lowest BCUT2D eigenvalue weighted by atomic mass is 9.93. The number of benzene rings is 3. The zero-order chi connectivity index (χ0) is 28.6. The normalized spacial score (nSPS) is 17.0. The van der Waals surface area contributed by atoms with Gasteiger partial charge in [0.05, 0.1) is 45.8 Å². The average Bonchev–Trinajstić information content (AvgIpc) is 3.40. The number of carbonyl (C=O) groups is 1. The van der Waals surface area contributed by atoms with Gasteiger partial charge in [-0.2, -0.15) is 5.10 Å². The van der Waals surface area contributed by atoms with Crippen LogP contribution >= 0.6 is 0 Å². The quantitative estimate of drug-likeness (QED) is 0.360. The van der Waals surface area contributed by atoms with E-state index in [2.05, 4.69) is 0 Å². The summed E-state index contributed by atoms with van der Waals surface area (Å²) >= 11 is 0. The van der Waals surface area contributed by atoms with Gasteiger partial charge >= 0.3 is 0 Å². The molecule has 5 rings (SSSR count). The fraction of sp³-hybridized carbons (Fsp3) is 0.290. The van der Waals surface area contributed by atoms with Gasteiger partial charge in [-0.1, -0.05) is 6.07 Å². The van der Waals surface area contributed by atoms with Crippen LogP contribution in [0.4, 0.5) is 4.39 Å². The fourth-order valence-electron chi connectivity index (χ4n) is 5.00. The molecule has 8 nitrogen and oxygen atoms in total. The molecule has 1 atom stereocenters. The van der Waals surface area contributed by atoms with Crippen molar-refractivity contribution in [2.24, 2.45) is 5.10 Å². The first-order valence-corrected chi connectivity index (χ1v) is 12.8. The molecule has 208 valence electrons. The highest BCUT2D eigenvalue weighted by Crippen LogP contribution is 2.46. The summed E-state index contributed by atoms with van der Waals surface area (Å²) in [5.74, 6) is 1.65. The maximum atomic E-state index is 14.1. The number of methoxy groups -OCH3 is 4. The average molecular weight is 547 g/mol. The van der Waals surface area contributed by atoms with Gasteiger partial charge in [-0.15, -0.1) is 0 Å². The summed E-state index contributed by atoms with van der Waals surface area (Å²) in [6.45, 7) is 3.93. The molecular formula is C31H31FN2O6. The molecule has 40 heavy (non-hydrogen) atoms. The standard InChI is InChI=1S/C31H31FN2O6/c1-31(2)13-12-22-25(36-3)11-10-21(28(22)40-31)23-17-24(19-15-26(37-4)29(39-6)27(16-19)38-5)34(33-23)30(35)18-8-7-9-20(32)14-18/h7-16,24H,17H2,1-6H3. The van der Waals surface area contributed by atoms with E-state index in [0.717, 1.165) is 11.1 Å². The number of ether oxygens (including phenoxy) is 5. The highest BCUT2D eigenvalue weighted by Gasteiger charge is 2.37. The monoisotopic (exact) mass is 546 g/mol. The lowest BCUT2D eigenvalue weighted by Crippen LogP contribution is -2.28. The van der Waals surface area contributed by atoms with Gasteiger partial charge in [-0.05, 0) is 74.0 Å². The smallest absolute Gasteiger partial charge is 0.274 e. The molecule has 2 aliphatic heterocycles. The predicted octanol–water partition coefficient (Wildman–Crippen LogP) is 6.04. The minimum Gasteiger partial charge on any atom is -0.496 e. The Hall–Kier alpha value is -4.53. The number of amides is 1. The molecule has 1 unspecified atom stereocenters. The van der Waals surface area contributed by atoms with Gasteiger partial charge in [-0.3, -0.25) is 4.79 Å². The minimum atomic E-state index is -0.555. The molecule has 1 amide bonds. The van der Waals surface area contributed by atoms with E-state index < -0.39 is 23.4 Å². The number of nitrogens with zero attached hydrogens (tertiary/aromatic N) is 2. The van der Waals surface area contributed by atoms with Gasteiger partial charge in [0.2, 0.25) is 5.75 Å². The van der Waals surface area contributed by atoms with E-state index in [1.165, 1.54) is 44.5 Å². The summed E-state index contributed by atoms with van der Waals surface area (Å²) in [7, 11) is 6.20. The molecule has 0 N–H and O–H groups in total. The molecule has 0 saturated carbocycles. The second-order valence-corrected chi connectivity index (χ2v) is 9.98. The number of rotatable bonds is 7. The Balaban J connectivity index is 1.65. The van der Waals surface area contributed by atoms with Crippen molar-refractivity contribution in [3.8, 4) is 28.7 Å². The lowest BCUT2D eigenvalue weighted by Gasteiger charge is -2.30. The summed E-state index contributed by atoms with van der Waals surface area (Å²) in [5.41, 5.74) is 2.50. The first-order valence-electron chi connectivity index (χ1n) is 12.8. The fourth-order valence-corrected chi connectivity index (χ4v) is 5.00. The molecule has 2 heterocycles.